The summed E-state index contributed by atoms with van der Waals surface area (Å²) in [6.45, 7) is 1.39. The average Bonchev–Trinajstić information content (AvgIpc) is 2.27. The van der Waals surface area contributed by atoms with E-state index < -0.39 is 13.0 Å². The molecule has 0 aromatic heterocycles. The number of rotatable bonds is 6. The smallest absolute Gasteiger partial charge is 0.272 e. The molecule has 0 fully saturated rings. The van der Waals surface area contributed by atoms with Gasteiger partial charge in [0.25, 0.3) is 6.43 Å². The van der Waals surface area contributed by atoms with Crippen LogP contribution in [0.25, 0.3) is 0 Å². The summed E-state index contributed by atoms with van der Waals surface area (Å²) in [5.74, 6) is 0.469. The summed E-state index contributed by atoms with van der Waals surface area (Å²) in [6, 6.07) is 5.47. The number of hydrogen-bond acceptors (Lipinski definition) is 2. The molecular formula is C12H16BrF2NO. The predicted octanol–water partition coefficient (Wildman–Crippen LogP) is 3.37. The molecule has 0 aliphatic carbocycles. The lowest BCUT2D eigenvalue weighted by Gasteiger charge is -2.15. The third-order valence-corrected chi connectivity index (χ3v) is 3.03. The molecule has 1 aromatic rings. The molecular weight excluding hydrogens is 292 g/mol. The van der Waals surface area contributed by atoms with Gasteiger partial charge in [-0.2, -0.15) is 0 Å². The zero-order chi connectivity index (χ0) is 12.8. The minimum Gasteiger partial charge on any atom is -0.486 e. The van der Waals surface area contributed by atoms with Gasteiger partial charge in [-0.05, 0) is 40.4 Å². The second kappa shape index (κ2) is 6.91. The predicted molar refractivity (Wildman–Crippen MR) is 67.6 cm³/mol. The first-order valence-corrected chi connectivity index (χ1v) is 6.27. The van der Waals surface area contributed by atoms with Crippen LogP contribution < -0.4 is 10.5 Å². The number of halogens is 3. The maximum absolute atomic E-state index is 12.1. The van der Waals surface area contributed by atoms with Crippen molar-refractivity contribution in [2.24, 2.45) is 5.73 Å². The molecule has 1 unspecified atom stereocenters. The molecule has 96 valence electrons. The second-order valence-corrected chi connectivity index (χ2v) is 4.66. The van der Waals surface area contributed by atoms with Gasteiger partial charge >= 0.3 is 0 Å². The summed E-state index contributed by atoms with van der Waals surface area (Å²) < 4.78 is 30.1. The van der Waals surface area contributed by atoms with Gasteiger partial charge in [0.05, 0.1) is 4.47 Å². The summed E-state index contributed by atoms with van der Waals surface area (Å²) in [7, 11) is 0. The number of nitrogens with two attached hydrogens (primary N) is 1. The normalized spacial score (nSPS) is 12.8. The van der Waals surface area contributed by atoms with Crippen LogP contribution in [-0.2, 0) is 6.42 Å². The topological polar surface area (TPSA) is 35.2 Å². The SMILES string of the molecule is CCC(N)Cc1cccc(Br)c1OCC(F)F. The Bertz CT molecular complexity index is 360. The molecule has 0 aliphatic heterocycles. The van der Waals surface area contributed by atoms with Crippen molar-refractivity contribution in [1.82, 2.24) is 0 Å². The fourth-order valence-electron chi connectivity index (χ4n) is 1.45. The number of ether oxygens (including phenoxy) is 1. The van der Waals surface area contributed by atoms with E-state index >= 15 is 0 Å². The van der Waals surface area contributed by atoms with Crippen LogP contribution in [0.1, 0.15) is 18.9 Å². The van der Waals surface area contributed by atoms with Crippen LogP contribution in [0.15, 0.2) is 22.7 Å². The lowest BCUT2D eigenvalue weighted by Crippen LogP contribution is -2.22. The van der Waals surface area contributed by atoms with Crippen LogP contribution in [0.2, 0.25) is 0 Å². The fraction of sp³-hybridized carbons (Fsp3) is 0.500. The zero-order valence-electron chi connectivity index (χ0n) is 9.63. The van der Waals surface area contributed by atoms with E-state index in [2.05, 4.69) is 15.9 Å². The monoisotopic (exact) mass is 307 g/mol. The van der Waals surface area contributed by atoms with Crippen molar-refractivity contribution in [2.45, 2.75) is 32.2 Å². The van der Waals surface area contributed by atoms with Gasteiger partial charge < -0.3 is 10.5 Å². The summed E-state index contributed by atoms with van der Waals surface area (Å²) in [6.07, 6.45) is -1.02. The lowest BCUT2D eigenvalue weighted by molar-refractivity contribution is 0.0810. The van der Waals surface area contributed by atoms with Crippen molar-refractivity contribution in [3.63, 3.8) is 0 Å². The highest BCUT2D eigenvalue weighted by molar-refractivity contribution is 9.10. The molecule has 2 nitrogen and oxygen atoms in total. The van der Waals surface area contributed by atoms with Crippen LogP contribution in [0, 0.1) is 0 Å². The molecule has 0 aliphatic rings. The highest BCUT2D eigenvalue weighted by atomic mass is 79.9. The van der Waals surface area contributed by atoms with Crippen molar-refractivity contribution in [1.29, 1.82) is 0 Å². The minimum absolute atomic E-state index is 0.0122. The molecule has 0 heterocycles. The molecule has 17 heavy (non-hydrogen) atoms. The molecule has 0 bridgehead atoms. The number of hydrogen-bond donors (Lipinski definition) is 1. The van der Waals surface area contributed by atoms with Gasteiger partial charge in [0.2, 0.25) is 0 Å². The zero-order valence-corrected chi connectivity index (χ0v) is 11.2. The van der Waals surface area contributed by atoms with E-state index in [1.165, 1.54) is 0 Å². The first kappa shape index (κ1) is 14.4. The van der Waals surface area contributed by atoms with Crippen molar-refractivity contribution in [3.8, 4) is 5.75 Å². The Morgan fingerprint density at radius 1 is 1.41 bits per heavy atom. The minimum atomic E-state index is -2.48. The summed E-state index contributed by atoms with van der Waals surface area (Å²) >= 11 is 3.30. The maximum atomic E-state index is 12.1. The van der Waals surface area contributed by atoms with E-state index in [4.69, 9.17) is 10.5 Å². The van der Waals surface area contributed by atoms with Gasteiger partial charge in [-0.15, -0.1) is 0 Å². The van der Waals surface area contributed by atoms with E-state index in [0.717, 1.165) is 12.0 Å². The van der Waals surface area contributed by atoms with E-state index in [-0.39, 0.29) is 6.04 Å². The Balaban J connectivity index is 2.84. The van der Waals surface area contributed by atoms with Crippen LogP contribution >= 0.6 is 15.9 Å². The molecule has 1 aromatic carbocycles. The Labute approximate surface area is 108 Å². The van der Waals surface area contributed by atoms with Crippen molar-refractivity contribution in [3.05, 3.63) is 28.2 Å². The largest absolute Gasteiger partial charge is 0.486 e. The molecule has 1 atom stereocenters. The quantitative estimate of drug-likeness (QED) is 0.874. The standard InChI is InChI=1S/C12H16BrF2NO/c1-2-9(16)6-8-4-3-5-10(13)12(8)17-7-11(14)15/h3-5,9,11H,2,6-7,16H2,1H3. The van der Waals surface area contributed by atoms with Gasteiger partial charge in [0, 0.05) is 6.04 Å². The lowest BCUT2D eigenvalue weighted by atomic mass is 10.0. The Hall–Kier alpha value is -0.680. The third kappa shape index (κ3) is 4.60. The van der Waals surface area contributed by atoms with Crippen LogP contribution in [0.5, 0.6) is 5.75 Å². The molecule has 0 saturated carbocycles. The van der Waals surface area contributed by atoms with Crippen LogP contribution in [0.3, 0.4) is 0 Å². The van der Waals surface area contributed by atoms with Crippen molar-refractivity contribution >= 4 is 15.9 Å². The van der Waals surface area contributed by atoms with E-state index in [1.807, 2.05) is 19.1 Å². The molecule has 0 radical (unpaired) electrons. The highest BCUT2D eigenvalue weighted by Gasteiger charge is 2.13. The molecule has 5 heteroatoms. The fourth-order valence-corrected chi connectivity index (χ4v) is 1.97. The van der Waals surface area contributed by atoms with E-state index in [1.54, 1.807) is 6.07 Å². The van der Waals surface area contributed by atoms with Gasteiger partial charge in [-0.1, -0.05) is 19.1 Å². The molecule has 2 N–H and O–H groups in total. The first-order valence-electron chi connectivity index (χ1n) is 5.48. The molecule has 0 spiro atoms. The maximum Gasteiger partial charge on any atom is 0.272 e. The first-order chi connectivity index (χ1) is 8.04. The summed E-state index contributed by atoms with van der Waals surface area (Å²) in [5, 5.41) is 0. The molecule has 0 amide bonds. The number of benzene rings is 1. The molecule has 1 rings (SSSR count). The second-order valence-electron chi connectivity index (χ2n) is 3.80. The van der Waals surface area contributed by atoms with Gasteiger partial charge in [0.15, 0.2) is 0 Å². The van der Waals surface area contributed by atoms with Gasteiger partial charge in [0.1, 0.15) is 12.4 Å². The van der Waals surface area contributed by atoms with Crippen molar-refractivity contribution < 1.29 is 13.5 Å². The van der Waals surface area contributed by atoms with Crippen LogP contribution in [-0.4, -0.2) is 19.1 Å². The number of para-hydroxylation sites is 1. The Kier molecular flexibility index (Phi) is 5.85. The average molecular weight is 308 g/mol. The van der Waals surface area contributed by atoms with E-state index in [9.17, 15) is 8.78 Å². The number of alkyl halides is 2. The summed E-state index contributed by atoms with van der Waals surface area (Å²) in [5.41, 5.74) is 6.72. The van der Waals surface area contributed by atoms with Crippen molar-refractivity contribution in [2.75, 3.05) is 6.61 Å². The van der Waals surface area contributed by atoms with Gasteiger partial charge in [-0.25, -0.2) is 8.78 Å². The Morgan fingerprint density at radius 2 is 2.12 bits per heavy atom. The third-order valence-electron chi connectivity index (χ3n) is 2.41. The summed E-state index contributed by atoms with van der Waals surface area (Å²) in [4.78, 5) is 0. The van der Waals surface area contributed by atoms with Crippen LogP contribution in [0.4, 0.5) is 8.78 Å². The van der Waals surface area contributed by atoms with Gasteiger partial charge in [-0.3, -0.25) is 0 Å². The van der Waals surface area contributed by atoms with E-state index in [0.29, 0.717) is 16.6 Å². The highest BCUT2D eigenvalue weighted by Crippen LogP contribution is 2.30. The Morgan fingerprint density at radius 3 is 2.71 bits per heavy atom. The molecule has 0 saturated heterocycles.